The third-order valence-electron chi connectivity index (χ3n) is 5.55. The molecule has 2 atom stereocenters. The molecule has 124 valence electrons. The maximum atomic E-state index is 3.91. The van der Waals surface area contributed by atoms with Gasteiger partial charge in [0.25, 0.3) is 0 Å². The van der Waals surface area contributed by atoms with Crippen molar-refractivity contribution in [1.29, 1.82) is 0 Å². The minimum absolute atomic E-state index is 0.460. The normalized spacial score (nSPS) is 29.7. The monoisotopic (exact) mass is 294 g/mol. The third-order valence-corrected chi connectivity index (χ3v) is 5.55. The highest BCUT2D eigenvalue weighted by Gasteiger charge is 2.32. The van der Waals surface area contributed by atoms with Gasteiger partial charge in [-0.25, -0.2) is 0 Å². The lowest BCUT2D eigenvalue weighted by Crippen LogP contribution is -2.59. The summed E-state index contributed by atoms with van der Waals surface area (Å²) in [5.41, 5.74) is 0.460. The molecule has 2 heteroatoms. The SMILES string of the molecule is CCCC1CNC(C2CCCCC2)CN1CCC(C)(C)C. The lowest BCUT2D eigenvalue weighted by Gasteiger charge is -2.44. The van der Waals surface area contributed by atoms with Gasteiger partial charge in [-0.3, -0.25) is 4.90 Å². The fourth-order valence-corrected chi connectivity index (χ4v) is 4.11. The Bertz CT molecular complexity index is 288. The molecule has 1 aliphatic heterocycles. The summed E-state index contributed by atoms with van der Waals surface area (Å²) in [6, 6.07) is 1.54. The van der Waals surface area contributed by atoms with Crippen LogP contribution in [0.3, 0.4) is 0 Å². The van der Waals surface area contributed by atoms with Crippen LogP contribution in [-0.4, -0.2) is 36.6 Å². The molecule has 0 aromatic rings. The second-order valence-electron chi connectivity index (χ2n) is 8.66. The van der Waals surface area contributed by atoms with E-state index in [0.29, 0.717) is 5.41 Å². The Morgan fingerprint density at radius 3 is 2.43 bits per heavy atom. The zero-order valence-corrected chi connectivity index (χ0v) is 15.0. The van der Waals surface area contributed by atoms with Crippen molar-refractivity contribution in [3.05, 3.63) is 0 Å². The van der Waals surface area contributed by atoms with Crippen LogP contribution in [0.25, 0.3) is 0 Å². The summed E-state index contributed by atoms with van der Waals surface area (Å²) in [5, 5.41) is 3.91. The van der Waals surface area contributed by atoms with E-state index in [9.17, 15) is 0 Å². The van der Waals surface area contributed by atoms with Crippen molar-refractivity contribution >= 4 is 0 Å². The van der Waals surface area contributed by atoms with Gasteiger partial charge in [-0.15, -0.1) is 0 Å². The van der Waals surface area contributed by atoms with Gasteiger partial charge in [-0.05, 0) is 43.6 Å². The maximum Gasteiger partial charge on any atom is 0.0224 e. The van der Waals surface area contributed by atoms with E-state index in [1.54, 1.807) is 0 Å². The number of nitrogens with one attached hydrogen (secondary N) is 1. The zero-order chi connectivity index (χ0) is 15.3. The predicted octanol–water partition coefficient (Wildman–Crippen LogP) is 4.45. The highest BCUT2D eigenvalue weighted by molar-refractivity contribution is 4.90. The van der Waals surface area contributed by atoms with Gasteiger partial charge in [0.05, 0.1) is 0 Å². The molecule has 21 heavy (non-hydrogen) atoms. The number of nitrogens with zero attached hydrogens (tertiary/aromatic N) is 1. The van der Waals surface area contributed by atoms with Crippen LogP contribution in [-0.2, 0) is 0 Å². The van der Waals surface area contributed by atoms with E-state index in [1.807, 2.05) is 0 Å². The van der Waals surface area contributed by atoms with E-state index in [2.05, 4.69) is 37.9 Å². The second kappa shape index (κ2) is 7.97. The molecule has 0 bridgehead atoms. The summed E-state index contributed by atoms with van der Waals surface area (Å²) in [7, 11) is 0. The Kier molecular flexibility index (Phi) is 6.55. The van der Waals surface area contributed by atoms with Crippen LogP contribution in [0.15, 0.2) is 0 Å². The molecule has 0 spiro atoms. The zero-order valence-electron chi connectivity index (χ0n) is 15.0. The van der Waals surface area contributed by atoms with Gasteiger partial charge in [-0.1, -0.05) is 53.4 Å². The fourth-order valence-electron chi connectivity index (χ4n) is 4.11. The largest absolute Gasteiger partial charge is 0.311 e. The Morgan fingerprint density at radius 1 is 1.10 bits per heavy atom. The Labute approximate surface area is 133 Å². The number of piperazine rings is 1. The third kappa shape index (κ3) is 5.56. The summed E-state index contributed by atoms with van der Waals surface area (Å²) >= 11 is 0. The molecule has 1 heterocycles. The van der Waals surface area contributed by atoms with Gasteiger partial charge in [0, 0.05) is 25.2 Å². The number of rotatable bonds is 5. The van der Waals surface area contributed by atoms with Crippen molar-refractivity contribution in [3.8, 4) is 0 Å². The Hall–Kier alpha value is -0.0800. The van der Waals surface area contributed by atoms with Gasteiger partial charge >= 0.3 is 0 Å². The van der Waals surface area contributed by atoms with Crippen LogP contribution in [0, 0.1) is 11.3 Å². The van der Waals surface area contributed by atoms with E-state index >= 15 is 0 Å². The molecule has 0 aromatic heterocycles. The highest BCUT2D eigenvalue weighted by atomic mass is 15.2. The van der Waals surface area contributed by atoms with E-state index in [1.165, 1.54) is 71.0 Å². The van der Waals surface area contributed by atoms with E-state index in [4.69, 9.17) is 0 Å². The molecule has 1 saturated heterocycles. The Morgan fingerprint density at radius 2 is 1.81 bits per heavy atom. The first-order chi connectivity index (χ1) is 9.99. The van der Waals surface area contributed by atoms with Gasteiger partial charge in [0.15, 0.2) is 0 Å². The molecular weight excluding hydrogens is 256 g/mol. The lowest BCUT2D eigenvalue weighted by molar-refractivity contribution is 0.0806. The van der Waals surface area contributed by atoms with E-state index in [0.717, 1.165) is 18.0 Å². The van der Waals surface area contributed by atoms with E-state index < -0.39 is 0 Å². The second-order valence-corrected chi connectivity index (χ2v) is 8.66. The average molecular weight is 295 g/mol. The summed E-state index contributed by atoms with van der Waals surface area (Å²) in [5.74, 6) is 0.943. The molecule has 0 amide bonds. The molecule has 1 aliphatic carbocycles. The van der Waals surface area contributed by atoms with Crippen LogP contribution in [0.4, 0.5) is 0 Å². The molecular formula is C19H38N2. The van der Waals surface area contributed by atoms with Crippen molar-refractivity contribution < 1.29 is 0 Å². The highest BCUT2D eigenvalue weighted by Crippen LogP contribution is 2.29. The first-order valence-electron chi connectivity index (χ1n) is 9.47. The van der Waals surface area contributed by atoms with Crippen molar-refractivity contribution in [3.63, 3.8) is 0 Å². The van der Waals surface area contributed by atoms with E-state index in [-0.39, 0.29) is 0 Å². The van der Waals surface area contributed by atoms with Crippen LogP contribution >= 0.6 is 0 Å². The first kappa shape index (κ1) is 17.3. The standard InChI is InChI=1S/C19H38N2/c1-5-9-17-14-20-18(16-10-7-6-8-11-16)15-21(17)13-12-19(2,3)4/h16-18,20H,5-15H2,1-4H3. The first-order valence-corrected chi connectivity index (χ1v) is 9.47. The molecule has 2 nitrogen and oxygen atoms in total. The van der Waals surface area contributed by atoms with Crippen LogP contribution in [0.5, 0.6) is 0 Å². The number of hydrogen-bond acceptors (Lipinski definition) is 2. The molecule has 0 aromatic carbocycles. The lowest BCUT2D eigenvalue weighted by atomic mass is 9.82. The van der Waals surface area contributed by atoms with Crippen LogP contribution in [0.1, 0.15) is 79.1 Å². The fraction of sp³-hybridized carbons (Fsp3) is 1.00. The Balaban J connectivity index is 1.90. The summed E-state index contributed by atoms with van der Waals surface area (Å²) in [6.07, 6.45) is 11.3. The predicted molar refractivity (Wildman–Crippen MR) is 92.7 cm³/mol. The van der Waals surface area contributed by atoms with Crippen molar-refractivity contribution in [2.45, 2.75) is 91.1 Å². The van der Waals surface area contributed by atoms with Crippen molar-refractivity contribution in [2.75, 3.05) is 19.6 Å². The molecule has 2 aliphatic rings. The van der Waals surface area contributed by atoms with Gasteiger partial charge in [0.1, 0.15) is 0 Å². The molecule has 0 radical (unpaired) electrons. The smallest absolute Gasteiger partial charge is 0.0224 e. The van der Waals surface area contributed by atoms with Crippen LogP contribution in [0.2, 0.25) is 0 Å². The van der Waals surface area contributed by atoms with Crippen LogP contribution < -0.4 is 5.32 Å². The summed E-state index contributed by atoms with van der Waals surface area (Å²) < 4.78 is 0. The van der Waals surface area contributed by atoms with Gasteiger partial charge in [-0.2, -0.15) is 0 Å². The van der Waals surface area contributed by atoms with Gasteiger partial charge in [0.2, 0.25) is 0 Å². The van der Waals surface area contributed by atoms with Crippen molar-refractivity contribution in [1.82, 2.24) is 10.2 Å². The molecule has 2 rings (SSSR count). The molecule has 1 N–H and O–H groups in total. The minimum Gasteiger partial charge on any atom is -0.311 e. The summed E-state index contributed by atoms with van der Waals surface area (Å²) in [6.45, 7) is 13.3. The topological polar surface area (TPSA) is 15.3 Å². The number of hydrogen-bond donors (Lipinski definition) is 1. The summed E-state index contributed by atoms with van der Waals surface area (Å²) in [4.78, 5) is 2.82. The maximum absolute atomic E-state index is 3.91. The molecule has 2 fully saturated rings. The molecule has 2 unspecified atom stereocenters. The van der Waals surface area contributed by atoms with Gasteiger partial charge < -0.3 is 5.32 Å². The minimum atomic E-state index is 0.460. The van der Waals surface area contributed by atoms with Crippen molar-refractivity contribution in [2.24, 2.45) is 11.3 Å². The average Bonchev–Trinajstić information content (AvgIpc) is 2.46. The quantitative estimate of drug-likeness (QED) is 0.806. The molecule has 1 saturated carbocycles.